The van der Waals surface area contributed by atoms with Gasteiger partial charge in [0.05, 0.1) is 6.04 Å². The monoisotopic (exact) mass is 222 g/mol. The lowest BCUT2D eigenvalue weighted by molar-refractivity contribution is -0.288. The molecule has 0 fully saturated rings. The summed E-state index contributed by atoms with van der Waals surface area (Å²) in [6.45, 7) is 2.84. The fraction of sp³-hybridized carbons (Fsp3) is 0.667. The fourth-order valence-corrected chi connectivity index (χ4v) is 0.893. The van der Waals surface area contributed by atoms with E-state index >= 15 is 0 Å². The molecule has 0 heterocycles. The van der Waals surface area contributed by atoms with E-state index < -0.39 is 24.3 Å². The van der Waals surface area contributed by atoms with Gasteiger partial charge in [-0.25, -0.2) is 0 Å². The Balaban J connectivity index is 5.00. The molecule has 0 aliphatic carbocycles. The molecule has 0 saturated heterocycles. The van der Waals surface area contributed by atoms with Crippen LogP contribution in [0.15, 0.2) is 12.7 Å². The van der Waals surface area contributed by atoms with Gasteiger partial charge in [0.1, 0.15) is 0 Å². The lowest BCUT2D eigenvalue weighted by atomic mass is 9.99. The van der Waals surface area contributed by atoms with Crippen LogP contribution in [0.3, 0.4) is 0 Å². The van der Waals surface area contributed by atoms with Crippen molar-refractivity contribution in [1.82, 2.24) is 5.43 Å². The highest BCUT2D eigenvalue weighted by atomic mass is 19.4. The molecule has 0 aliphatic heterocycles. The first kappa shape index (κ1) is 13.2. The number of hydrogen-bond acceptors (Lipinski definition) is 2. The minimum atomic E-state index is -5.41. The molecule has 84 valence electrons. The van der Waals surface area contributed by atoms with Gasteiger partial charge in [-0.05, 0) is 0 Å². The van der Waals surface area contributed by atoms with E-state index in [9.17, 15) is 26.3 Å². The standard InChI is InChI=1S/C6H8F6N2/c1-2-3(14-13)4(5(7,8)9)6(10,11)12/h2-4,14H,1,13H2. The number of nitrogens with one attached hydrogen (secondary N) is 1. The number of halogens is 6. The molecule has 0 aromatic heterocycles. The number of alkyl halides is 6. The van der Waals surface area contributed by atoms with E-state index in [1.165, 1.54) is 5.43 Å². The number of rotatable bonds is 3. The summed E-state index contributed by atoms with van der Waals surface area (Å²) < 4.78 is 71.9. The van der Waals surface area contributed by atoms with Gasteiger partial charge < -0.3 is 0 Å². The Labute approximate surface area is 75.7 Å². The van der Waals surface area contributed by atoms with Crippen molar-refractivity contribution in [3.63, 3.8) is 0 Å². The van der Waals surface area contributed by atoms with Gasteiger partial charge in [0, 0.05) is 0 Å². The lowest BCUT2D eigenvalue weighted by Gasteiger charge is -2.27. The first-order valence-electron chi connectivity index (χ1n) is 3.36. The zero-order valence-corrected chi connectivity index (χ0v) is 6.78. The van der Waals surface area contributed by atoms with Gasteiger partial charge >= 0.3 is 12.4 Å². The van der Waals surface area contributed by atoms with Gasteiger partial charge in [-0.3, -0.25) is 11.3 Å². The van der Waals surface area contributed by atoms with Crippen LogP contribution in [-0.2, 0) is 0 Å². The molecule has 0 amide bonds. The SMILES string of the molecule is C=CC(NN)C(C(F)(F)F)C(F)(F)F. The van der Waals surface area contributed by atoms with Crippen molar-refractivity contribution >= 4 is 0 Å². The van der Waals surface area contributed by atoms with Gasteiger partial charge in [-0.15, -0.1) is 6.58 Å². The maximum atomic E-state index is 12.0. The highest BCUT2D eigenvalue weighted by Crippen LogP contribution is 2.41. The molecular weight excluding hydrogens is 214 g/mol. The molecule has 0 bridgehead atoms. The summed E-state index contributed by atoms with van der Waals surface area (Å²) in [7, 11) is 0. The van der Waals surface area contributed by atoms with E-state index in [0.29, 0.717) is 6.08 Å². The highest BCUT2D eigenvalue weighted by Gasteiger charge is 2.59. The maximum absolute atomic E-state index is 12.0. The Hall–Kier alpha value is -0.760. The van der Waals surface area contributed by atoms with Gasteiger partial charge in [0.25, 0.3) is 0 Å². The summed E-state index contributed by atoms with van der Waals surface area (Å²) >= 11 is 0. The van der Waals surface area contributed by atoms with Crippen LogP contribution in [0, 0.1) is 5.92 Å². The van der Waals surface area contributed by atoms with Crippen molar-refractivity contribution in [1.29, 1.82) is 0 Å². The lowest BCUT2D eigenvalue weighted by Crippen LogP contribution is -2.52. The number of hydrogen-bond donors (Lipinski definition) is 2. The topological polar surface area (TPSA) is 38.0 Å². The molecule has 0 aromatic carbocycles. The molecule has 0 saturated carbocycles. The summed E-state index contributed by atoms with van der Waals surface area (Å²) in [6.07, 6.45) is -10.4. The van der Waals surface area contributed by atoms with Crippen molar-refractivity contribution in [3.05, 3.63) is 12.7 Å². The Bertz CT molecular complexity index is 181. The summed E-state index contributed by atoms with van der Waals surface area (Å²) in [6, 6.07) is -2.09. The molecule has 0 spiro atoms. The van der Waals surface area contributed by atoms with E-state index in [1.807, 2.05) is 0 Å². The second kappa shape index (κ2) is 4.18. The van der Waals surface area contributed by atoms with Crippen LogP contribution >= 0.6 is 0 Å². The third-order valence-electron chi connectivity index (χ3n) is 1.51. The van der Waals surface area contributed by atoms with Crippen LogP contribution in [-0.4, -0.2) is 18.4 Å². The summed E-state index contributed by atoms with van der Waals surface area (Å²) in [5.74, 6) is 1.01. The molecular formula is C6H8F6N2. The van der Waals surface area contributed by atoms with Gasteiger partial charge in [-0.2, -0.15) is 26.3 Å². The average Bonchev–Trinajstić information content (AvgIpc) is 1.94. The first-order valence-corrected chi connectivity index (χ1v) is 3.36. The van der Waals surface area contributed by atoms with Crippen molar-refractivity contribution in [2.75, 3.05) is 0 Å². The Kier molecular flexibility index (Phi) is 3.95. The predicted molar refractivity (Wildman–Crippen MR) is 36.9 cm³/mol. The van der Waals surface area contributed by atoms with Crippen LogP contribution in [0.4, 0.5) is 26.3 Å². The molecule has 1 atom stereocenters. The van der Waals surface area contributed by atoms with Crippen molar-refractivity contribution in [2.45, 2.75) is 18.4 Å². The van der Waals surface area contributed by atoms with Gasteiger partial charge in [0.15, 0.2) is 5.92 Å². The summed E-state index contributed by atoms with van der Waals surface area (Å²) in [5.41, 5.74) is 1.41. The minimum absolute atomic E-state index is 0.464. The predicted octanol–water partition coefficient (Wildman–Crippen LogP) is 1.75. The van der Waals surface area contributed by atoms with Crippen molar-refractivity contribution in [2.24, 2.45) is 11.8 Å². The van der Waals surface area contributed by atoms with Crippen LogP contribution in [0.1, 0.15) is 0 Å². The fourth-order valence-electron chi connectivity index (χ4n) is 0.893. The average molecular weight is 222 g/mol. The second-order valence-corrected chi connectivity index (χ2v) is 2.49. The number of hydrazine groups is 1. The summed E-state index contributed by atoms with van der Waals surface area (Å²) in [5, 5.41) is 0. The van der Waals surface area contributed by atoms with E-state index in [1.54, 1.807) is 0 Å². The maximum Gasteiger partial charge on any atom is 0.402 e. The molecule has 1 unspecified atom stereocenters. The smallest absolute Gasteiger partial charge is 0.271 e. The van der Waals surface area contributed by atoms with E-state index in [4.69, 9.17) is 0 Å². The third kappa shape index (κ3) is 3.18. The molecule has 2 nitrogen and oxygen atoms in total. The molecule has 14 heavy (non-hydrogen) atoms. The van der Waals surface area contributed by atoms with Crippen molar-refractivity contribution < 1.29 is 26.3 Å². The third-order valence-corrected chi connectivity index (χ3v) is 1.51. The first-order chi connectivity index (χ1) is 6.14. The molecule has 3 N–H and O–H groups in total. The highest BCUT2D eigenvalue weighted by molar-refractivity contribution is 4.96. The Morgan fingerprint density at radius 1 is 1.07 bits per heavy atom. The molecule has 0 aliphatic rings. The van der Waals surface area contributed by atoms with E-state index in [0.717, 1.165) is 0 Å². The molecule has 8 heteroatoms. The van der Waals surface area contributed by atoms with Gasteiger partial charge in [-0.1, -0.05) is 6.08 Å². The zero-order chi connectivity index (χ0) is 11.6. The number of nitrogens with two attached hydrogens (primary N) is 1. The summed E-state index contributed by atoms with van der Waals surface area (Å²) in [4.78, 5) is 0. The molecule has 0 rings (SSSR count). The second-order valence-electron chi connectivity index (χ2n) is 2.49. The van der Waals surface area contributed by atoms with E-state index in [2.05, 4.69) is 12.4 Å². The molecule has 0 radical (unpaired) electrons. The molecule has 0 aromatic rings. The minimum Gasteiger partial charge on any atom is -0.271 e. The van der Waals surface area contributed by atoms with E-state index in [-0.39, 0.29) is 0 Å². The zero-order valence-electron chi connectivity index (χ0n) is 6.78. The Morgan fingerprint density at radius 2 is 1.43 bits per heavy atom. The van der Waals surface area contributed by atoms with Crippen LogP contribution in [0.2, 0.25) is 0 Å². The van der Waals surface area contributed by atoms with Crippen LogP contribution in [0.5, 0.6) is 0 Å². The quantitative estimate of drug-likeness (QED) is 0.330. The normalized spacial score (nSPS) is 15.7. The Morgan fingerprint density at radius 3 is 1.50 bits per heavy atom. The van der Waals surface area contributed by atoms with Crippen LogP contribution < -0.4 is 11.3 Å². The van der Waals surface area contributed by atoms with Crippen molar-refractivity contribution in [3.8, 4) is 0 Å². The van der Waals surface area contributed by atoms with Crippen LogP contribution in [0.25, 0.3) is 0 Å². The van der Waals surface area contributed by atoms with Gasteiger partial charge in [0.2, 0.25) is 0 Å². The largest absolute Gasteiger partial charge is 0.402 e.